The highest BCUT2D eigenvalue weighted by atomic mass is 35.5. The minimum Gasteiger partial charge on any atom is -0.315 e. The molecule has 114 valence electrons. The fraction of sp³-hybridized carbons (Fsp3) is 0.750. The Balaban J connectivity index is 0.00000147. The Labute approximate surface area is 126 Å². The Morgan fingerprint density at radius 1 is 1.30 bits per heavy atom. The summed E-state index contributed by atoms with van der Waals surface area (Å²) in [6, 6.07) is 0.994. The molecule has 3 nitrogen and oxygen atoms in total. The average Bonchev–Trinajstić information content (AvgIpc) is 2.87. The van der Waals surface area contributed by atoms with Crippen LogP contribution >= 0.6 is 23.7 Å². The summed E-state index contributed by atoms with van der Waals surface area (Å²) in [7, 11) is 0. The Hall–Kier alpha value is -0.370. The lowest BCUT2D eigenvalue weighted by atomic mass is 10.2. The first-order valence-corrected chi connectivity index (χ1v) is 7.34. The standard InChI is InChI=1S/C12H16F3N3S.ClH/c13-12(14,15)10-6-17-11(19-10)7-18(8-1-2-8)9-3-4-16-5-9;/h6,8-9,16H,1-5,7H2;1H. The van der Waals surface area contributed by atoms with Crippen molar-refractivity contribution in [1.82, 2.24) is 15.2 Å². The molecule has 0 aromatic carbocycles. The lowest BCUT2D eigenvalue weighted by Crippen LogP contribution is -2.38. The fourth-order valence-corrected chi connectivity index (χ4v) is 3.35. The van der Waals surface area contributed by atoms with E-state index in [1.54, 1.807) is 0 Å². The van der Waals surface area contributed by atoms with E-state index in [-0.39, 0.29) is 12.4 Å². The fourth-order valence-electron chi connectivity index (χ4n) is 2.56. The van der Waals surface area contributed by atoms with Crippen LogP contribution in [-0.2, 0) is 12.7 Å². The second-order valence-electron chi connectivity index (χ2n) is 5.17. The van der Waals surface area contributed by atoms with Crippen molar-refractivity contribution in [3.8, 4) is 0 Å². The molecule has 1 N–H and O–H groups in total. The molecule has 0 spiro atoms. The zero-order chi connectivity index (χ0) is 13.5. The van der Waals surface area contributed by atoms with E-state index in [9.17, 15) is 13.2 Å². The molecule has 1 aromatic rings. The summed E-state index contributed by atoms with van der Waals surface area (Å²) in [5.41, 5.74) is 0. The first-order valence-electron chi connectivity index (χ1n) is 6.52. The number of hydrogen-bond acceptors (Lipinski definition) is 4. The van der Waals surface area contributed by atoms with Gasteiger partial charge < -0.3 is 5.32 Å². The molecule has 0 bridgehead atoms. The van der Waals surface area contributed by atoms with Crippen molar-refractivity contribution in [1.29, 1.82) is 0 Å². The van der Waals surface area contributed by atoms with Crippen molar-refractivity contribution < 1.29 is 13.2 Å². The summed E-state index contributed by atoms with van der Waals surface area (Å²) in [5, 5.41) is 3.89. The summed E-state index contributed by atoms with van der Waals surface area (Å²) < 4.78 is 37.7. The number of rotatable bonds is 4. The first kappa shape index (κ1) is 16.0. The van der Waals surface area contributed by atoms with Gasteiger partial charge in [-0.15, -0.1) is 23.7 Å². The van der Waals surface area contributed by atoms with Gasteiger partial charge in [0, 0.05) is 18.6 Å². The average molecular weight is 328 g/mol. The first-order chi connectivity index (χ1) is 9.04. The van der Waals surface area contributed by atoms with Gasteiger partial charge in [-0.1, -0.05) is 0 Å². The largest absolute Gasteiger partial charge is 0.427 e. The summed E-state index contributed by atoms with van der Waals surface area (Å²) in [6.07, 6.45) is 0.0865. The molecule has 20 heavy (non-hydrogen) atoms. The van der Waals surface area contributed by atoms with Gasteiger partial charge in [0.2, 0.25) is 0 Å². The number of aromatic nitrogens is 1. The van der Waals surface area contributed by atoms with Gasteiger partial charge in [-0.05, 0) is 25.8 Å². The number of halogens is 4. The minimum absolute atomic E-state index is 0. The van der Waals surface area contributed by atoms with Gasteiger partial charge in [0.25, 0.3) is 0 Å². The monoisotopic (exact) mass is 327 g/mol. The maximum absolute atomic E-state index is 12.6. The zero-order valence-corrected chi connectivity index (χ0v) is 12.5. The van der Waals surface area contributed by atoms with Crippen LogP contribution in [0, 0.1) is 0 Å². The Kier molecular flexibility index (Phi) is 4.94. The van der Waals surface area contributed by atoms with E-state index in [2.05, 4.69) is 15.2 Å². The summed E-state index contributed by atoms with van der Waals surface area (Å²) >= 11 is 0.774. The van der Waals surface area contributed by atoms with Gasteiger partial charge in [0.05, 0.1) is 12.7 Å². The highest BCUT2D eigenvalue weighted by molar-refractivity contribution is 7.11. The third-order valence-electron chi connectivity index (χ3n) is 3.67. The summed E-state index contributed by atoms with van der Waals surface area (Å²) in [5.74, 6) is 0. The topological polar surface area (TPSA) is 28.2 Å². The highest BCUT2D eigenvalue weighted by Gasteiger charge is 2.37. The molecular formula is C12H17ClF3N3S. The lowest BCUT2D eigenvalue weighted by Gasteiger charge is -2.27. The molecule has 1 saturated carbocycles. The molecule has 1 saturated heterocycles. The molecule has 8 heteroatoms. The van der Waals surface area contributed by atoms with Gasteiger partial charge in [0.1, 0.15) is 9.88 Å². The van der Waals surface area contributed by atoms with Crippen LogP contribution in [0.2, 0.25) is 0 Å². The molecule has 2 aliphatic rings. The Morgan fingerprint density at radius 3 is 2.55 bits per heavy atom. The number of nitrogens with zero attached hydrogens (tertiary/aromatic N) is 2. The highest BCUT2D eigenvalue weighted by Crippen LogP contribution is 2.36. The SMILES string of the molecule is Cl.FC(F)(F)c1cnc(CN(C2CC2)C2CCNC2)s1. The van der Waals surface area contributed by atoms with Crippen molar-refractivity contribution >= 4 is 23.7 Å². The molecule has 1 aliphatic heterocycles. The van der Waals surface area contributed by atoms with Crippen LogP contribution in [0.15, 0.2) is 6.20 Å². The van der Waals surface area contributed by atoms with Crippen LogP contribution in [0.25, 0.3) is 0 Å². The van der Waals surface area contributed by atoms with Crippen molar-refractivity contribution in [2.45, 2.75) is 44.1 Å². The number of thiazole rings is 1. The van der Waals surface area contributed by atoms with Crippen LogP contribution in [0.1, 0.15) is 29.1 Å². The van der Waals surface area contributed by atoms with E-state index in [4.69, 9.17) is 0 Å². The quantitative estimate of drug-likeness (QED) is 0.921. The Bertz CT molecular complexity index is 441. The third-order valence-corrected chi connectivity index (χ3v) is 4.70. The van der Waals surface area contributed by atoms with E-state index >= 15 is 0 Å². The summed E-state index contributed by atoms with van der Waals surface area (Å²) in [6.45, 7) is 2.49. The van der Waals surface area contributed by atoms with Crippen molar-refractivity contribution in [2.24, 2.45) is 0 Å². The molecule has 0 radical (unpaired) electrons. The van der Waals surface area contributed by atoms with Crippen LogP contribution < -0.4 is 5.32 Å². The smallest absolute Gasteiger partial charge is 0.315 e. The number of hydrogen-bond donors (Lipinski definition) is 1. The van der Waals surface area contributed by atoms with E-state index in [1.807, 2.05) is 0 Å². The van der Waals surface area contributed by atoms with Crippen LogP contribution in [0.5, 0.6) is 0 Å². The number of alkyl halides is 3. The van der Waals surface area contributed by atoms with Crippen LogP contribution in [0.3, 0.4) is 0 Å². The van der Waals surface area contributed by atoms with Gasteiger partial charge in [0.15, 0.2) is 0 Å². The van der Waals surface area contributed by atoms with Gasteiger partial charge in [-0.2, -0.15) is 13.2 Å². The maximum Gasteiger partial charge on any atom is 0.427 e. The van der Waals surface area contributed by atoms with Crippen molar-refractivity contribution in [3.05, 3.63) is 16.1 Å². The van der Waals surface area contributed by atoms with Crippen LogP contribution in [-0.4, -0.2) is 35.1 Å². The van der Waals surface area contributed by atoms with E-state index in [0.717, 1.165) is 49.9 Å². The molecule has 1 aliphatic carbocycles. The van der Waals surface area contributed by atoms with Crippen molar-refractivity contribution in [3.63, 3.8) is 0 Å². The predicted molar refractivity (Wildman–Crippen MR) is 74.2 cm³/mol. The van der Waals surface area contributed by atoms with E-state index in [0.29, 0.717) is 23.6 Å². The maximum atomic E-state index is 12.6. The molecule has 2 heterocycles. The van der Waals surface area contributed by atoms with E-state index in [1.165, 1.54) is 0 Å². The zero-order valence-electron chi connectivity index (χ0n) is 10.8. The normalized spacial score (nSPS) is 23.1. The predicted octanol–water partition coefficient (Wildman–Crippen LogP) is 2.91. The van der Waals surface area contributed by atoms with Gasteiger partial charge in [-0.25, -0.2) is 4.98 Å². The van der Waals surface area contributed by atoms with Crippen molar-refractivity contribution in [2.75, 3.05) is 13.1 Å². The summed E-state index contributed by atoms with van der Waals surface area (Å²) in [4.78, 5) is 5.68. The molecule has 1 atom stereocenters. The van der Waals surface area contributed by atoms with Gasteiger partial charge in [-0.3, -0.25) is 4.90 Å². The molecule has 1 aromatic heterocycles. The minimum atomic E-state index is -4.27. The second-order valence-corrected chi connectivity index (χ2v) is 6.28. The second kappa shape index (κ2) is 6.17. The van der Waals surface area contributed by atoms with Gasteiger partial charge >= 0.3 is 6.18 Å². The molecule has 1 unspecified atom stereocenters. The molecule has 0 amide bonds. The third kappa shape index (κ3) is 3.63. The lowest BCUT2D eigenvalue weighted by molar-refractivity contribution is -0.134. The molecule has 3 rings (SSSR count). The number of nitrogens with one attached hydrogen (secondary N) is 1. The van der Waals surface area contributed by atoms with Crippen LogP contribution in [0.4, 0.5) is 13.2 Å². The molecular weight excluding hydrogens is 311 g/mol. The Morgan fingerprint density at radius 2 is 2.05 bits per heavy atom. The molecule has 2 fully saturated rings. The van der Waals surface area contributed by atoms with E-state index < -0.39 is 11.1 Å².